The van der Waals surface area contributed by atoms with Gasteiger partial charge in [-0.3, -0.25) is 4.68 Å². The molecular formula is C16H12ClFN2O2S. The van der Waals surface area contributed by atoms with Crippen molar-refractivity contribution < 1.29 is 12.8 Å². The molecule has 4 nitrogen and oxygen atoms in total. The Morgan fingerprint density at radius 1 is 1.00 bits per heavy atom. The Morgan fingerprint density at radius 2 is 1.74 bits per heavy atom. The first-order chi connectivity index (χ1) is 11.0. The summed E-state index contributed by atoms with van der Waals surface area (Å²) < 4.78 is 39.4. The summed E-state index contributed by atoms with van der Waals surface area (Å²) in [5.74, 6) is -0.529. The average molecular weight is 351 g/mol. The first-order valence-electron chi connectivity index (χ1n) is 6.68. The SMILES string of the molecule is O=S(=O)(Nn1cccc1-c1ccc(F)c(Cl)c1)c1ccccc1. The van der Waals surface area contributed by atoms with Crippen LogP contribution in [-0.2, 0) is 10.0 Å². The Balaban J connectivity index is 1.97. The topological polar surface area (TPSA) is 51.1 Å². The summed E-state index contributed by atoms with van der Waals surface area (Å²) in [5, 5.41) is -0.0267. The Morgan fingerprint density at radius 3 is 2.43 bits per heavy atom. The number of hydrogen-bond acceptors (Lipinski definition) is 2. The van der Waals surface area contributed by atoms with Gasteiger partial charge >= 0.3 is 0 Å². The third-order valence-electron chi connectivity index (χ3n) is 3.24. The van der Waals surface area contributed by atoms with Crippen LogP contribution in [0.1, 0.15) is 0 Å². The van der Waals surface area contributed by atoms with Crippen molar-refractivity contribution >= 4 is 21.6 Å². The third kappa shape index (κ3) is 3.23. The average Bonchev–Trinajstić information content (AvgIpc) is 2.98. The van der Waals surface area contributed by atoms with Gasteiger partial charge in [0.15, 0.2) is 0 Å². The molecule has 1 N–H and O–H groups in total. The predicted octanol–water partition coefficient (Wildman–Crippen LogP) is 3.88. The number of nitrogens with zero attached hydrogens (tertiary/aromatic N) is 1. The van der Waals surface area contributed by atoms with E-state index in [1.165, 1.54) is 35.0 Å². The molecule has 0 radical (unpaired) electrons. The molecule has 0 aliphatic carbocycles. The molecule has 1 aromatic heterocycles. The number of aromatic nitrogens is 1. The van der Waals surface area contributed by atoms with E-state index in [1.54, 1.807) is 36.5 Å². The van der Waals surface area contributed by atoms with Gasteiger partial charge in [0.2, 0.25) is 0 Å². The molecule has 0 aliphatic heterocycles. The fourth-order valence-electron chi connectivity index (χ4n) is 2.13. The van der Waals surface area contributed by atoms with E-state index in [0.717, 1.165) is 0 Å². The molecule has 7 heteroatoms. The summed E-state index contributed by atoms with van der Waals surface area (Å²) in [4.78, 5) is 2.62. The zero-order chi connectivity index (χ0) is 16.4. The van der Waals surface area contributed by atoms with E-state index in [9.17, 15) is 12.8 Å². The number of halogens is 2. The molecule has 0 amide bonds. The smallest absolute Gasteiger partial charge is 0.253 e. The molecule has 23 heavy (non-hydrogen) atoms. The Kier molecular flexibility index (Phi) is 4.11. The monoisotopic (exact) mass is 350 g/mol. The maximum Gasteiger partial charge on any atom is 0.275 e. The van der Waals surface area contributed by atoms with Crippen LogP contribution in [0.5, 0.6) is 0 Å². The van der Waals surface area contributed by atoms with Gasteiger partial charge < -0.3 is 0 Å². The van der Waals surface area contributed by atoms with Gasteiger partial charge in [0, 0.05) is 11.8 Å². The highest BCUT2D eigenvalue weighted by Crippen LogP contribution is 2.25. The second kappa shape index (κ2) is 6.06. The van der Waals surface area contributed by atoms with Crippen LogP contribution >= 0.6 is 11.6 Å². The highest BCUT2D eigenvalue weighted by Gasteiger charge is 2.15. The third-order valence-corrected chi connectivity index (χ3v) is 4.86. The highest BCUT2D eigenvalue weighted by molar-refractivity contribution is 7.92. The molecule has 3 rings (SSSR count). The molecule has 0 saturated heterocycles. The quantitative estimate of drug-likeness (QED) is 0.776. The van der Waals surface area contributed by atoms with Crippen molar-refractivity contribution in [1.29, 1.82) is 0 Å². The van der Waals surface area contributed by atoms with E-state index < -0.39 is 15.8 Å². The summed E-state index contributed by atoms with van der Waals surface area (Å²) in [6.45, 7) is 0. The van der Waals surface area contributed by atoms with E-state index in [2.05, 4.69) is 4.83 Å². The van der Waals surface area contributed by atoms with Crippen LogP contribution in [0, 0.1) is 5.82 Å². The van der Waals surface area contributed by atoms with Gasteiger partial charge in [-0.1, -0.05) is 29.8 Å². The van der Waals surface area contributed by atoms with Crippen molar-refractivity contribution in [3.8, 4) is 11.3 Å². The van der Waals surface area contributed by atoms with Crippen molar-refractivity contribution in [2.45, 2.75) is 4.90 Å². The Bertz CT molecular complexity index is 940. The second-order valence-electron chi connectivity index (χ2n) is 4.80. The van der Waals surface area contributed by atoms with Crippen LogP contribution in [0.2, 0.25) is 5.02 Å². The number of nitrogens with one attached hydrogen (secondary N) is 1. The van der Waals surface area contributed by atoms with Gasteiger partial charge in [0.05, 0.1) is 15.6 Å². The molecule has 0 unspecified atom stereocenters. The zero-order valence-electron chi connectivity index (χ0n) is 11.8. The van der Waals surface area contributed by atoms with E-state index in [1.807, 2.05) is 0 Å². The van der Waals surface area contributed by atoms with Gasteiger partial charge in [-0.05, 0) is 42.5 Å². The lowest BCUT2D eigenvalue weighted by Gasteiger charge is -2.13. The first kappa shape index (κ1) is 15.6. The van der Waals surface area contributed by atoms with Gasteiger partial charge in [-0.15, -0.1) is 0 Å². The molecule has 0 fully saturated rings. The van der Waals surface area contributed by atoms with Crippen molar-refractivity contribution in [2.75, 3.05) is 4.83 Å². The van der Waals surface area contributed by atoms with Crippen molar-refractivity contribution in [3.05, 3.63) is 77.7 Å². The lowest BCUT2D eigenvalue weighted by atomic mass is 10.1. The highest BCUT2D eigenvalue weighted by atomic mass is 35.5. The largest absolute Gasteiger partial charge is 0.275 e. The zero-order valence-corrected chi connectivity index (χ0v) is 13.4. The van der Waals surface area contributed by atoms with E-state index >= 15 is 0 Å². The molecule has 118 valence electrons. The fraction of sp³-hybridized carbons (Fsp3) is 0. The van der Waals surface area contributed by atoms with Crippen LogP contribution in [0.3, 0.4) is 0 Å². The van der Waals surface area contributed by atoms with Crippen LogP contribution in [0.25, 0.3) is 11.3 Å². The standard InChI is InChI=1S/C16H12ClFN2O2S/c17-14-11-12(8-9-15(14)18)16-7-4-10-20(16)19-23(21,22)13-5-2-1-3-6-13/h1-11,19H. The van der Waals surface area contributed by atoms with Crippen molar-refractivity contribution in [1.82, 2.24) is 4.68 Å². The summed E-state index contributed by atoms with van der Waals surface area (Å²) in [6, 6.07) is 15.6. The van der Waals surface area contributed by atoms with Crippen molar-refractivity contribution in [2.24, 2.45) is 0 Å². The molecule has 0 saturated carbocycles. The molecular weight excluding hydrogens is 339 g/mol. The molecule has 0 bridgehead atoms. The minimum Gasteiger partial charge on any atom is -0.253 e. The predicted molar refractivity (Wildman–Crippen MR) is 87.8 cm³/mol. The van der Waals surface area contributed by atoms with Crippen molar-refractivity contribution in [3.63, 3.8) is 0 Å². The van der Waals surface area contributed by atoms with Crippen LogP contribution in [0.15, 0.2) is 71.8 Å². The van der Waals surface area contributed by atoms with E-state index in [0.29, 0.717) is 11.3 Å². The first-order valence-corrected chi connectivity index (χ1v) is 8.54. The number of rotatable bonds is 4. The van der Waals surface area contributed by atoms with Gasteiger partial charge in [-0.2, -0.15) is 8.42 Å². The summed E-state index contributed by atoms with van der Waals surface area (Å²) in [7, 11) is -3.73. The molecule has 3 aromatic rings. The molecule has 0 atom stereocenters. The summed E-state index contributed by atoms with van der Waals surface area (Å²) in [5.41, 5.74) is 1.14. The minimum atomic E-state index is -3.73. The normalized spacial score (nSPS) is 11.4. The van der Waals surface area contributed by atoms with Gasteiger partial charge in [0.25, 0.3) is 10.0 Å². The molecule has 0 aliphatic rings. The summed E-state index contributed by atoms with van der Waals surface area (Å²) >= 11 is 5.79. The molecule has 0 spiro atoms. The number of hydrogen-bond donors (Lipinski definition) is 1. The fourth-order valence-corrected chi connectivity index (χ4v) is 3.35. The maximum absolute atomic E-state index is 13.3. The Hall–Kier alpha value is -2.31. The van der Waals surface area contributed by atoms with E-state index in [4.69, 9.17) is 11.6 Å². The van der Waals surface area contributed by atoms with Crippen LogP contribution < -0.4 is 4.83 Å². The number of benzene rings is 2. The van der Waals surface area contributed by atoms with Crippen LogP contribution in [-0.4, -0.2) is 13.1 Å². The number of sulfonamides is 1. The lowest BCUT2D eigenvalue weighted by Crippen LogP contribution is -2.23. The maximum atomic E-state index is 13.3. The molecule has 1 heterocycles. The Labute approximate surface area is 138 Å². The van der Waals surface area contributed by atoms with Gasteiger partial charge in [0.1, 0.15) is 5.82 Å². The molecule has 2 aromatic carbocycles. The van der Waals surface area contributed by atoms with E-state index in [-0.39, 0.29) is 9.92 Å². The lowest BCUT2D eigenvalue weighted by molar-refractivity contribution is 0.595. The van der Waals surface area contributed by atoms with Crippen LogP contribution in [0.4, 0.5) is 4.39 Å². The van der Waals surface area contributed by atoms with Gasteiger partial charge in [-0.25, -0.2) is 9.22 Å². The second-order valence-corrected chi connectivity index (χ2v) is 6.87. The minimum absolute atomic E-state index is 0.0267. The summed E-state index contributed by atoms with van der Waals surface area (Å²) in [6.07, 6.45) is 1.56.